The normalized spacial score (nSPS) is 12.7. The summed E-state index contributed by atoms with van der Waals surface area (Å²) in [4.78, 5) is 5.27. The molecular weight excluding hydrogens is 244 g/mol. The Bertz CT molecular complexity index is 646. The summed E-state index contributed by atoms with van der Waals surface area (Å²) in [6.45, 7) is 0. The van der Waals surface area contributed by atoms with Crippen molar-refractivity contribution < 1.29 is 0 Å². The maximum Gasteiger partial charge on any atom is 0.0707 e. The highest BCUT2D eigenvalue weighted by atomic mass is 32.1. The second kappa shape index (κ2) is 4.80. The molecule has 1 unspecified atom stereocenters. The van der Waals surface area contributed by atoms with Crippen molar-refractivity contribution in [2.24, 2.45) is 0 Å². The van der Waals surface area contributed by atoms with Crippen molar-refractivity contribution >= 4 is 22.3 Å². The maximum atomic E-state index is 4.16. The van der Waals surface area contributed by atoms with Gasteiger partial charge in [-0.25, -0.2) is 0 Å². The summed E-state index contributed by atoms with van der Waals surface area (Å²) in [5.41, 5.74) is 1.23. The summed E-state index contributed by atoms with van der Waals surface area (Å²) >= 11 is 1.42. The molecule has 0 aliphatic rings. The van der Waals surface area contributed by atoms with Crippen molar-refractivity contribution in [2.75, 3.05) is 7.05 Å². The molecule has 0 spiro atoms. The first-order chi connectivity index (χ1) is 8.90. The van der Waals surface area contributed by atoms with E-state index in [2.05, 4.69) is 38.1 Å². The van der Waals surface area contributed by atoms with Crippen molar-refractivity contribution in [3.05, 3.63) is 53.3 Å². The average molecular weight is 256 g/mol. The monoisotopic (exact) mass is 256 g/mol. The molecule has 1 atom stereocenters. The molecule has 4 nitrogen and oxygen atoms in total. The Hall–Kier alpha value is -1.85. The van der Waals surface area contributed by atoms with Crippen LogP contribution < -0.4 is 5.32 Å². The molecule has 3 rings (SSSR count). The van der Waals surface area contributed by atoms with Crippen LogP contribution in [0.4, 0.5) is 0 Å². The largest absolute Gasteiger partial charge is 0.309 e. The van der Waals surface area contributed by atoms with Gasteiger partial charge >= 0.3 is 0 Å². The summed E-state index contributed by atoms with van der Waals surface area (Å²) in [6.07, 6.45) is 5.52. The van der Waals surface area contributed by atoms with Crippen LogP contribution in [0.2, 0.25) is 0 Å². The molecule has 0 aliphatic heterocycles. The summed E-state index contributed by atoms with van der Waals surface area (Å²) in [5, 5.41) is 9.59. The molecule has 3 aromatic rings. The second-order valence-electron chi connectivity index (χ2n) is 3.99. The minimum Gasteiger partial charge on any atom is -0.309 e. The number of fused-ring (bicyclic) bond motifs is 1. The zero-order chi connectivity index (χ0) is 12.4. The van der Waals surface area contributed by atoms with Crippen molar-refractivity contribution in [3.63, 3.8) is 0 Å². The van der Waals surface area contributed by atoms with Crippen LogP contribution in [0.3, 0.4) is 0 Å². The molecule has 90 valence electrons. The van der Waals surface area contributed by atoms with Crippen LogP contribution in [0.15, 0.2) is 42.9 Å². The molecule has 1 aromatic carbocycles. The van der Waals surface area contributed by atoms with Gasteiger partial charge in [-0.1, -0.05) is 22.7 Å². The van der Waals surface area contributed by atoms with Crippen LogP contribution in [0.25, 0.3) is 10.8 Å². The third-order valence-corrected chi connectivity index (χ3v) is 3.70. The van der Waals surface area contributed by atoms with Crippen molar-refractivity contribution in [2.45, 2.75) is 6.04 Å². The number of hydrogen-bond acceptors (Lipinski definition) is 5. The molecule has 18 heavy (non-hydrogen) atoms. The van der Waals surface area contributed by atoms with Crippen LogP contribution in [-0.2, 0) is 0 Å². The lowest BCUT2D eigenvalue weighted by atomic mass is 9.99. The van der Waals surface area contributed by atoms with Gasteiger partial charge in [0.2, 0.25) is 0 Å². The fourth-order valence-corrected chi connectivity index (χ4v) is 2.79. The molecule has 2 heterocycles. The van der Waals surface area contributed by atoms with Gasteiger partial charge in [-0.05, 0) is 35.6 Å². The first-order valence-electron chi connectivity index (χ1n) is 5.67. The molecule has 1 N–H and O–H groups in total. The third kappa shape index (κ3) is 1.87. The average Bonchev–Trinajstić information content (AvgIpc) is 2.94. The standard InChI is InChI=1S/C13H12N4S/c1-14-13(12-8-16-17-18-12)11-4-2-3-9-7-15-6-5-10(9)11/h2-8,13-14H,1H3. The Kier molecular flexibility index (Phi) is 3.00. The van der Waals surface area contributed by atoms with Crippen LogP contribution in [0.5, 0.6) is 0 Å². The van der Waals surface area contributed by atoms with E-state index in [0.29, 0.717) is 0 Å². The zero-order valence-electron chi connectivity index (χ0n) is 9.87. The fraction of sp³-hybridized carbons (Fsp3) is 0.154. The van der Waals surface area contributed by atoms with Crippen molar-refractivity contribution in [3.8, 4) is 0 Å². The molecule has 0 saturated carbocycles. The summed E-state index contributed by atoms with van der Waals surface area (Å²) in [6, 6.07) is 8.42. The molecule has 2 aromatic heterocycles. The van der Waals surface area contributed by atoms with Gasteiger partial charge in [0.25, 0.3) is 0 Å². The van der Waals surface area contributed by atoms with E-state index < -0.39 is 0 Å². The molecule has 0 aliphatic carbocycles. The summed E-state index contributed by atoms with van der Waals surface area (Å²) in [7, 11) is 1.95. The van der Waals surface area contributed by atoms with Gasteiger partial charge in [0, 0.05) is 17.8 Å². The van der Waals surface area contributed by atoms with E-state index >= 15 is 0 Å². The van der Waals surface area contributed by atoms with Crippen LogP contribution in [0.1, 0.15) is 16.5 Å². The second-order valence-corrected chi connectivity index (χ2v) is 4.80. The van der Waals surface area contributed by atoms with E-state index in [0.717, 1.165) is 10.3 Å². The van der Waals surface area contributed by atoms with E-state index in [9.17, 15) is 0 Å². The Morgan fingerprint density at radius 2 is 2.17 bits per heavy atom. The van der Waals surface area contributed by atoms with Gasteiger partial charge < -0.3 is 5.32 Å². The highest BCUT2D eigenvalue weighted by molar-refractivity contribution is 7.05. The summed E-state index contributed by atoms with van der Waals surface area (Å²) in [5.74, 6) is 0. The van der Waals surface area contributed by atoms with Gasteiger partial charge in [-0.2, -0.15) is 0 Å². The Morgan fingerprint density at radius 1 is 1.22 bits per heavy atom. The van der Waals surface area contributed by atoms with E-state index in [-0.39, 0.29) is 6.04 Å². The lowest BCUT2D eigenvalue weighted by molar-refractivity contribution is 0.707. The van der Waals surface area contributed by atoms with E-state index in [1.54, 1.807) is 0 Å². The van der Waals surface area contributed by atoms with E-state index in [1.807, 2.05) is 31.7 Å². The number of hydrogen-bond donors (Lipinski definition) is 1. The Morgan fingerprint density at radius 3 is 2.94 bits per heavy atom. The van der Waals surface area contributed by atoms with Gasteiger partial charge in [0.1, 0.15) is 0 Å². The lowest BCUT2D eigenvalue weighted by Crippen LogP contribution is -2.16. The first kappa shape index (κ1) is 11.3. The quantitative estimate of drug-likeness (QED) is 0.781. The molecule has 0 saturated heterocycles. The van der Waals surface area contributed by atoms with Gasteiger partial charge in [-0.15, -0.1) is 5.10 Å². The molecule has 0 radical (unpaired) electrons. The highest BCUT2D eigenvalue weighted by Crippen LogP contribution is 2.29. The lowest BCUT2D eigenvalue weighted by Gasteiger charge is -2.16. The van der Waals surface area contributed by atoms with Gasteiger partial charge in [0.15, 0.2) is 0 Å². The Labute approximate surface area is 109 Å². The number of aromatic nitrogens is 3. The molecule has 5 heteroatoms. The van der Waals surface area contributed by atoms with E-state index in [4.69, 9.17) is 0 Å². The Balaban J connectivity index is 2.18. The molecule has 0 fully saturated rings. The SMILES string of the molecule is CNC(c1cnns1)c1cccc2cnccc12. The molecule has 0 bridgehead atoms. The number of pyridine rings is 1. The topological polar surface area (TPSA) is 50.7 Å². The van der Waals surface area contributed by atoms with Crippen LogP contribution >= 0.6 is 11.5 Å². The predicted molar refractivity (Wildman–Crippen MR) is 72.6 cm³/mol. The number of nitrogens with one attached hydrogen (secondary N) is 1. The van der Waals surface area contributed by atoms with Crippen LogP contribution in [-0.4, -0.2) is 21.6 Å². The van der Waals surface area contributed by atoms with E-state index in [1.165, 1.54) is 22.5 Å². The summed E-state index contributed by atoms with van der Waals surface area (Å²) < 4.78 is 3.94. The molecular formula is C13H12N4S. The highest BCUT2D eigenvalue weighted by Gasteiger charge is 2.16. The minimum absolute atomic E-state index is 0.121. The van der Waals surface area contributed by atoms with Crippen LogP contribution in [0, 0.1) is 0 Å². The molecule has 0 amide bonds. The number of rotatable bonds is 3. The minimum atomic E-state index is 0.121. The van der Waals surface area contributed by atoms with Gasteiger partial charge in [0.05, 0.1) is 17.1 Å². The number of nitrogens with zero attached hydrogens (tertiary/aromatic N) is 3. The first-order valence-corrected chi connectivity index (χ1v) is 6.44. The zero-order valence-corrected chi connectivity index (χ0v) is 10.7. The van der Waals surface area contributed by atoms with Crippen molar-refractivity contribution in [1.29, 1.82) is 0 Å². The number of benzene rings is 1. The maximum absolute atomic E-state index is 4.16. The fourth-order valence-electron chi connectivity index (χ4n) is 2.15. The third-order valence-electron chi connectivity index (χ3n) is 2.98. The smallest absolute Gasteiger partial charge is 0.0707 e. The van der Waals surface area contributed by atoms with Gasteiger partial charge in [-0.3, -0.25) is 4.98 Å². The predicted octanol–water partition coefficient (Wildman–Crippen LogP) is 2.40. The van der Waals surface area contributed by atoms with Crippen molar-refractivity contribution in [1.82, 2.24) is 19.9 Å².